The van der Waals surface area contributed by atoms with Gasteiger partial charge in [-0.2, -0.15) is 13.5 Å². The highest BCUT2D eigenvalue weighted by molar-refractivity contribution is 7.51. The van der Waals surface area contributed by atoms with Gasteiger partial charge in [-0.3, -0.25) is 9.48 Å². The number of fused-ring (bicyclic) bond motifs is 1. The van der Waals surface area contributed by atoms with Crippen molar-refractivity contribution >= 4 is 34.3 Å². The first-order valence-corrected chi connectivity index (χ1v) is 9.74. The summed E-state index contributed by atoms with van der Waals surface area (Å²) in [6, 6.07) is 14.3. The Labute approximate surface area is 180 Å². The Bertz CT molecular complexity index is 1240. The van der Waals surface area contributed by atoms with Gasteiger partial charge in [-0.05, 0) is 37.3 Å². The second-order valence-electron chi connectivity index (χ2n) is 6.57. The summed E-state index contributed by atoms with van der Waals surface area (Å²) in [7, 11) is 1.77. The zero-order chi connectivity index (χ0) is 22.4. The van der Waals surface area contributed by atoms with Crippen LogP contribution in [-0.2, 0) is 25.2 Å². The SMILES string of the molecule is Cc1ccc(Oc2cc(C(=O)Nc3ccn(C)n3)cc3oc(CO)cc23)cc1.O=S=O. The summed E-state index contributed by atoms with van der Waals surface area (Å²) in [6.07, 6.45) is 1.74. The lowest BCUT2D eigenvalue weighted by molar-refractivity contribution is 0.102. The van der Waals surface area contributed by atoms with E-state index in [0.717, 1.165) is 5.56 Å². The predicted octanol–water partition coefficient (Wildman–Crippen LogP) is 3.34. The topological polar surface area (TPSA) is 124 Å². The van der Waals surface area contributed by atoms with E-state index in [1.807, 2.05) is 31.2 Å². The molecule has 0 aliphatic carbocycles. The van der Waals surface area contributed by atoms with Crippen molar-refractivity contribution in [2.24, 2.45) is 7.05 Å². The number of benzene rings is 2. The van der Waals surface area contributed by atoms with Crippen LogP contribution in [0.15, 0.2) is 59.1 Å². The highest BCUT2D eigenvalue weighted by Gasteiger charge is 2.16. The van der Waals surface area contributed by atoms with Gasteiger partial charge in [0, 0.05) is 24.9 Å². The number of anilines is 1. The highest BCUT2D eigenvalue weighted by atomic mass is 32.1. The van der Waals surface area contributed by atoms with Crippen LogP contribution in [0.1, 0.15) is 21.7 Å². The largest absolute Gasteiger partial charge is 0.458 e. The summed E-state index contributed by atoms with van der Waals surface area (Å²) in [5.74, 6) is 1.61. The van der Waals surface area contributed by atoms with Gasteiger partial charge in [0.15, 0.2) is 5.82 Å². The van der Waals surface area contributed by atoms with E-state index in [1.54, 1.807) is 42.2 Å². The minimum atomic E-state index is -0.750. The van der Waals surface area contributed by atoms with Crippen LogP contribution in [0.3, 0.4) is 0 Å². The number of nitrogens with zero attached hydrogens (tertiary/aromatic N) is 2. The molecule has 31 heavy (non-hydrogen) atoms. The van der Waals surface area contributed by atoms with Crippen LogP contribution in [0.5, 0.6) is 11.5 Å². The van der Waals surface area contributed by atoms with Gasteiger partial charge in [0.2, 0.25) is 0 Å². The molecule has 2 heterocycles. The number of carbonyl (C=O) groups excluding carboxylic acids is 1. The molecular weight excluding hydrogens is 422 g/mol. The van der Waals surface area contributed by atoms with E-state index in [2.05, 4.69) is 10.4 Å². The Balaban J connectivity index is 0.000000858. The number of nitrogens with one attached hydrogen (secondary N) is 1. The zero-order valence-electron chi connectivity index (χ0n) is 16.7. The van der Waals surface area contributed by atoms with Crippen LogP contribution in [0.25, 0.3) is 11.0 Å². The molecule has 0 bridgehead atoms. The number of aliphatic hydroxyl groups excluding tert-OH is 1. The third-order valence-electron chi connectivity index (χ3n) is 4.27. The fraction of sp³-hybridized carbons (Fsp3) is 0.143. The molecule has 4 aromatic rings. The van der Waals surface area contributed by atoms with E-state index in [4.69, 9.17) is 17.6 Å². The number of aliphatic hydroxyl groups is 1. The van der Waals surface area contributed by atoms with E-state index >= 15 is 0 Å². The minimum Gasteiger partial charge on any atom is -0.458 e. The van der Waals surface area contributed by atoms with Crippen molar-refractivity contribution in [3.63, 3.8) is 0 Å². The molecule has 0 spiro atoms. The van der Waals surface area contributed by atoms with Crippen molar-refractivity contribution in [2.75, 3.05) is 5.32 Å². The van der Waals surface area contributed by atoms with E-state index in [0.29, 0.717) is 39.6 Å². The zero-order valence-corrected chi connectivity index (χ0v) is 17.5. The maximum absolute atomic E-state index is 12.7. The molecule has 0 radical (unpaired) electrons. The molecule has 0 fully saturated rings. The van der Waals surface area contributed by atoms with Crippen LogP contribution >= 0.6 is 0 Å². The third kappa shape index (κ3) is 5.44. The van der Waals surface area contributed by atoms with Crippen LogP contribution in [0.4, 0.5) is 5.82 Å². The number of aromatic nitrogens is 2. The van der Waals surface area contributed by atoms with E-state index in [9.17, 15) is 9.90 Å². The average Bonchev–Trinajstić information content (AvgIpc) is 3.36. The number of hydrogen-bond acceptors (Lipinski definition) is 7. The van der Waals surface area contributed by atoms with Gasteiger partial charge in [0.25, 0.3) is 5.91 Å². The Kier molecular flexibility index (Phi) is 6.96. The molecule has 160 valence electrons. The van der Waals surface area contributed by atoms with Crippen LogP contribution in [0, 0.1) is 6.92 Å². The Morgan fingerprint density at radius 1 is 1.19 bits per heavy atom. The molecule has 9 nitrogen and oxygen atoms in total. The molecule has 0 aliphatic heterocycles. The standard InChI is InChI=1S/C21H19N3O4.O2S/c1-13-3-5-15(6-4-13)27-18-9-14(10-19-17(18)11-16(12-25)28-19)21(26)22-20-7-8-24(2)23-20;1-3-2/h3-11,25H,12H2,1-2H3,(H,22,23,26);. The van der Waals surface area contributed by atoms with Crippen molar-refractivity contribution in [1.29, 1.82) is 0 Å². The summed E-state index contributed by atoms with van der Waals surface area (Å²) in [5, 5.41) is 17.0. The van der Waals surface area contributed by atoms with Crippen molar-refractivity contribution in [1.82, 2.24) is 9.78 Å². The summed E-state index contributed by atoms with van der Waals surface area (Å²) in [6.45, 7) is 1.75. The first-order valence-electron chi connectivity index (χ1n) is 9.08. The Morgan fingerprint density at radius 2 is 1.90 bits per heavy atom. The molecule has 0 saturated carbocycles. The van der Waals surface area contributed by atoms with Crippen LogP contribution in [-0.4, -0.2) is 29.2 Å². The molecule has 0 aliphatic rings. The number of amides is 1. The molecule has 0 saturated heterocycles. The van der Waals surface area contributed by atoms with Crippen LogP contribution < -0.4 is 10.1 Å². The smallest absolute Gasteiger partial charge is 0.335 e. The molecule has 4 rings (SSSR count). The molecule has 0 unspecified atom stereocenters. The fourth-order valence-electron chi connectivity index (χ4n) is 2.86. The molecule has 2 aromatic heterocycles. The summed E-state index contributed by atoms with van der Waals surface area (Å²) < 4.78 is 29.8. The molecule has 2 N–H and O–H groups in total. The number of rotatable bonds is 5. The normalized spacial score (nSPS) is 10.3. The summed E-state index contributed by atoms with van der Waals surface area (Å²) >= 11 is -0.750. The molecule has 1 amide bonds. The minimum absolute atomic E-state index is 0.242. The van der Waals surface area contributed by atoms with Gasteiger partial charge >= 0.3 is 11.6 Å². The van der Waals surface area contributed by atoms with E-state index in [-0.39, 0.29) is 12.5 Å². The monoisotopic (exact) mass is 441 g/mol. The van der Waals surface area contributed by atoms with Crippen LogP contribution in [0.2, 0.25) is 0 Å². The summed E-state index contributed by atoms with van der Waals surface area (Å²) in [4.78, 5) is 12.7. The number of carbonyl (C=O) groups is 1. The number of aryl methyl sites for hydroxylation is 2. The lowest BCUT2D eigenvalue weighted by Crippen LogP contribution is -2.12. The molecule has 0 atom stereocenters. The van der Waals surface area contributed by atoms with E-state index in [1.165, 1.54) is 0 Å². The number of ether oxygens (including phenoxy) is 1. The summed E-state index contributed by atoms with van der Waals surface area (Å²) in [5.41, 5.74) is 1.94. The second-order valence-corrected chi connectivity index (χ2v) is 6.71. The lowest BCUT2D eigenvalue weighted by atomic mass is 10.1. The van der Waals surface area contributed by atoms with E-state index < -0.39 is 11.6 Å². The van der Waals surface area contributed by atoms with Crippen molar-refractivity contribution in [3.05, 3.63) is 71.6 Å². The second kappa shape index (κ2) is 9.83. The molecular formula is C21H19N3O6S. The Hall–Kier alpha value is -3.76. The van der Waals surface area contributed by atoms with Crippen molar-refractivity contribution < 1.29 is 27.5 Å². The van der Waals surface area contributed by atoms with Gasteiger partial charge in [-0.1, -0.05) is 17.7 Å². The average molecular weight is 441 g/mol. The fourth-order valence-corrected chi connectivity index (χ4v) is 2.86. The van der Waals surface area contributed by atoms with Gasteiger partial charge in [-0.15, -0.1) is 0 Å². The van der Waals surface area contributed by atoms with Gasteiger partial charge in [0.1, 0.15) is 29.4 Å². The van der Waals surface area contributed by atoms with Gasteiger partial charge in [-0.25, -0.2) is 0 Å². The Morgan fingerprint density at radius 3 is 2.52 bits per heavy atom. The maximum atomic E-state index is 12.7. The maximum Gasteiger partial charge on any atom is 0.335 e. The third-order valence-corrected chi connectivity index (χ3v) is 4.27. The number of furan rings is 1. The van der Waals surface area contributed by atoms with Gasteiger partial charge in [0.05, 0.1) is 5.39 Å². The first-order chi connectivity index (χ1) is 14.9. The van der Waals surface area contributed by atoms with Crippen molar-refractivity contribution in [3.8, 4) is 11.5 Å². The quantitative estimate of drug-likeness (QED) is 0.487. The first kappa shape index (κ1) is 21.9. The van der Waals surface area contributed by atoms with Gasteiger partial charge < -0.3 is 19.6 Å². The predicted molar refractivity (Wildman–Crippen MR) is 113 cm³/mol. The molecule has 2 aromatic carbocycles. The molecule has 10 heteroatoms. The van der Waals surface area contributed by atoms with Crippen molar-refractivity contribution in [2.45, 2.75) is 13.5 Å². The number of hydrogen-bond donors (Lipinski definition) is 2. The highest BCUT2D eigenvalue weighted by Crippen LogP contribution is 2.34. The lowest BCUT2D eigenvalue weighted by Gasteiger charge is -2.09.